The lowest BCUT2D eigenvalue weighted by molar-refractivity contribution is 0.583. The van der Waals surface area contributed by atoms with Crippen LogP contribution in [0.15, 0.2) is 33.2 Å². The van der Waals surface area contributed by atoms with E-state index in [9.17, 15) is 8.42 Å². The molecule has 2 heterocycles. The highest BCUT2D eigenvalue weighted by atomic mass is 32.2. The van der Waals surface area contributed by atoms with Crippen LogP contribution in [0.4, 0.5) is 0 Å². The van der Waals surface area contributed by atoms with Gasteiger partial charge in [-0.15, -0.1) is 11.3 Å². The van der Waals surface area contributed by atoms with Crippen molar-refractivity contribution in [2.45, 2.75) is 17.7 Å². The van der Waals surface area contributed by atoms with Crippen LogP contribution in [0.5, 0.6) is 0 Å². The summed E-state index contributed by atoms with van der Waals surface area (Å²) < 4.78 is 26.6. The van der Waals surface area contributed by atoms with Crippen LogP contribution in [-0.4, -0.2) is 8.42 Å². The highest BCUT2D eigenvalue weighted by molar-refractivity contribution is 7.91. The monoisotopic (exact) mass is 273 g/mol. The summed E-state index contributed by atoms with van der Waals surface area (Å²) in [6, 6.07) is 5.35. The molecule has 0 radical (unpaired) electrons. The second-order valence-electron chi connectivity index (χ2n) is 3.32. The summed E-state index contributed by atoms with van der Waals surface area (Å²) in [5.74, 6) is 0. The van der Waals surface area contributed by atoms with Crippen molar-refractivity contribution in [2.75, 3.05) is 0 Å². The fourth-order valence-corrected chi connectivity index (χ4v) is 4.21. The second-order valence-corrected chi connectivity index (χ2v) is 7.38. The lowest BCUT2D eigenvalue weighted by Crippen LogP contribution is -2.22. The molecule has 16 heavy (non-hydrogen) atoms. The van der Waals surface area contributed by atoms with Gasteiger partial charge in [-0.3, -0.25) is 0 Å². The quantitative estimate of drug-likeness (QED) is 0.930. The maximum atomic E-state index is 11.8. The zero-order valence-electron chi connectivity index (χ0n) is 8.64. The molecule has 0 spiro atoms. The molecule has 0 saturated heterocycles. The molecule has 0 bridgehead atoms. The molecule has 3 nitrogen and oxygen atoms in total. The summed E-state index contributed by atoms with van der Waals surface area (Å²) >= 11 is 2.84. The van der Waals surface area contributed by atoms with Crippen LogP contribution < -0.4 is 4.72 Å². The van der Waals surface area contributed by atoms with E-state index < -0.39 is 10.0 Å². The van der Waals surface area contributed by atoms with Gasteiger partial charge in [-0.25, -0.2) is 13.1 Å². The van der Waals surface area contributed by atoms with Gasteiger partial charge in [0, 0.05) is 11.4 Å². The van der Waals surface area contributed by atoms with Gasteiger partial charge in [0.15, 0.2) is 0 Å². The van der Waals surface area contributed by atoms with E-state index in [0.717, 1.165) is 10.4 Å². The first kappa shape index (κ1) is 11.8. The van der Waals surface area contributed by atoms with E-state index in [2.05, 4.69) is 4.72 Å². The van der Waals surface area contributed by atoms with Crippen molar-refractivity contribution in [3.05, 3.63) is 39.4 Å². The van der Waals surface area contributed by atoms with Gasteiger partial charge in [0.25, 0.3) is 0 Å². The minimum atomic E-state index is -3.34. The zero-order chi connectivity index (χ0) is 11.6. The van der Waals surface area contributed by atoms with Crippen molar-refractivity contribution in [3.8, 4) is 0 Å². The maximum Gasteiger partial charge on any atom is 0.250 e. The van der Waals surface area contributed by atoms with Crippen LogP contribution in [0.1, 0.15) is 10.4 Å². The van der Waals surface area contributed by atoms with Crippen molar-refractivity contribution in [3.63, 3.8) is 0 Å². The zero-order valence-corrected chi connectivity index (χ0v) is 11.1. The first-order chi connectivity index (χ1) is 7.58. The molecule has 0 aliphatic heterocycles. The number of rotatable bonds is 4. The topological polar surface area (TPSA) is 46.2 Å². The van der Waals surface area contributed by atoms with Gasteiger partial charge < -0.3 is 0 Å². The van der Waals surface area contributed by atoms with E-state index >= 15 is 0 Å². The van der Waals surface area contributed by atoms with Crippen LogP contribution in [0.2, 0.25) is 0 Å². The Labute approximate surface area is 103 Å². The SMILES string of the molecule is Cc1ccc(S(=O)(=O)NCc2ccsc2)s1. The van der Waals surface area contributed by atoms with E-state index in [1.165, 1.54) is 11.3 Å². The number of hydrogen-bond acceptors (Lipinski definition) is 4. The molecule has 0 unspecified atom stereocenters. The molecular weight excluding hydrogens is 262 g/mol. The van der Waals surface area contributed by atoms with Crippen LogP contribution in [0.3, 0.4) is 0 Å². The van der Waals surface area contributed by atoms with Gasteiger partial charge in [-0.1, -0.05) is 0 Å². The van der Waals surface area contributed by atoms with Gasteiger partial charge in [0.05, 0.1) is 0 Å². The molecule has 2 rings (SSSR count). The Bertz CT molecular complexity index is 555. The summed E-state index contributed by atoms with van der Waals surface area (Å²) in [4.78, 5) is 0.996. The second kappa shape index (κ2) is 4.67. The Hall–Kier alpha value is -0.690. The van der Waals surface area contributed by atoms with Crippen LogP contribution >= 0.6 is 22.7 Å². The fraction of sp³-hybridized carbons (Fsp3) is 0.200. The fourth-order valence-electron chi connectivity index (χ4n) is 1.20. The molecule has 2 aromatic heterocycles. The molecule has 86 valence electrons. The maximum absolute atomic E-state index is 11.8. The van der Waals surface area contributed by atoms with E-state index in [1.54, 1.807) is 17.4 Å². The van der Waals surface area contributed by atoms with Gasteiger partial charge >= 0.3 is 0 Å². The molecule has 1 N–H and O–H groups in total. The van der Waals surface area contributed by atoms with E-state index in [1.807, 2.05) is 29.8 Å². The lowest BCUT2D eigenvalue weighted by Gasteiger charge is -2.02. The van der Waals surface area contributed by atoms with Crippen LogP contribution in [-0.2, 0) is 16.6 Å². The number of hydrogen-bond donors (Lipinski definition) is 1. The molecule has 0 aliphatic carbocycles. The standard InChI is InChI=1S/C10H11NO2S3/c1-8-2-3-10(15-8)16(12,13)11-6-9-4-5-14-7-9/h2-5,7,11H,6H2,1H3. The average molecular weight is 273 g/mol. The Kier molecular flexibility index (Phi) is 3.44. The van der Waals surface area contributed by atoms with Gasteiger partial charge in [0.1, 0.15) is 4.21 Å². The van der Waals surface area contributed by atoms with E-state index in [0.29, 0.717) is 10.8 Å². The third kappa shape index (κ3) is 2.70. The molecule has 0 aromatic carbocycles. The number of thiophene rings is 2. The molecule has 6 heteroatoms. The predicted molar refractivity (Wildman–Crippen MR) is 67.4 cm³/mol. The first-order valence-corrected chi connectivity index (χ1v) is 7.89. The molecule has 0 aliphatic rings. The minimum absolute atomic E-state index is 0.350. The number of sulfonamides is 1. The smallest absolute Gasteiger partial charge is 0.206 e. The van der Waals surface area contributed by atoms with E-state index in [-0.39, 0.29) is 0 Å². The first-order valence-electron chi connectivity index (χ1n) is 4.65. The lowest BCUT2D eigenvalue weighted by atomic mass is 10.4. The van der Waals surface area contributed by atoms with Crippen molar-refractivity contribution in [1.82, 2.24) is 4.72 Å². The third-order valence-corrected chi connectivity index (χ3v) is 5.65. The van der Waals surface area contributed by atoms with Crippen molar-refractivity contribution in [1.29, 1.82) is 0 Å². The van der Waals surface area contributed by atoms with Gasteiger partial charge in [0.2, 0.25) is 10.0 Å². The Morgan fingerprint density at radius 2 is 2.12 bits per heavy atom. The summed E-state index contributed by atoms with van der Waals surface area (Å²) in [7, 11) is -3.34. The largest absolute Gasteiger partial charge is 0.250 e. The number of nitrogens with one attached hydrogen (secondary N) is 1. The number of aryl methyl sites for hydroxylation is 1. The molecule has 0 fully saturated rings. The highest BCUT2D eigenvalue weighted by Crippen LogP contribution is 2.20. The average Bonchev–Trinajstić information content (AvgIpc) is 2.85. The van der Waals surface area contributed by atoms with Crippen molar-refractivity contribution >= 4 is 32.7 Å². The summed E-state index contributed by atoms with van der Waals surface area (Å²) in [6.07, 6.45) is 0. The Morgan fingerprint density at radius 3 is 2.69 bits per heavy atom. The molecule has 0 atom stereocenters. The Morgan fingerprint density at radius 1 is 1.31 bits per heavy atom. The summed E-state index contributed by atoms with van der Waals surface area (Å²) in [6.45, 7) is 2.24. The van der Waals surface area contributed by atoms with Crippen LogP contribution in [0, 0.1) is 6.92 Å². The summed E-state index contributed by atoms with van der Waals surface area (Å²) in [5.41, 5.74) is 0.988. The van der Waals surface area contributed by atoms with Crippen molar-refractivity contribution < 1.29 is 8.42 Å². The summed E-state index contributed by atoms with van der Waals surface area (Å²) in [5, 5.41) is 3.86. The third-order valence-electron chi connectivity index (χ3n) is 2.03. The normalized spacial score (nSPS) is 11.8. The minimum Gasteiger partial charge on any atom is -0.206 e. The Balaban J connectivity index is 2.09. The highest BCUT2D eigenvalue weighted by Gasteiger charge is 2.15. The van der Waals surface area contributed by atoms with Gasteiger partial charge in [-0.05, 0) is 41.4 Å². The van der Waals surface area contributed by atoms with Crippen molar-refractivity contribution in [2.24, 2.45) is 0 Å². The molecular formula is C10H11NO2S3. The molecule has 0 amide bonds. The molecule has 2 aromatic rings. The van der Waals surface area contributed by atoms with Gasteiger partial charge in [-0.2, -0.15) is 11.3 Å². The van der Waals surface area contributed by atoms with Crippen LogP contribution in [0.25, 0.3) is 0 Å². The molecule has 0 saturated carbocycles. The van der Waals surface area contributed by atoms with E-state index in [4.69, 9.17) is 0 Å². The predicted octanol–water partition coefficient (Wildman–Crippen LogP) is 2.60.